The minimum atomic E-state index is -0.498. The Bertz CT molecular complexity index is 1090. The van der Waals surface area contributed by atoms with Gasteiger partial charge in [-0.05, 0) is 118 Å². The third-order valence-corrected chi connectivity index (χ3v) is 6.81. The molecule has 3 amide bonds. The number of benzene rings is 2. The Morgan fingerprint density at radius 2 is 1.85 bits per heavy atom. The Labute approximate surface area is 223 Å². The molecule has 0 atom stereocenters. The molecule has 1 aliphatic heterocycles. The van der Waals surface area contributed by atoms with Crippen molar-refractivity contribution in [3.05, 3.63) is 54.0 Å². The first-order chi connectivity index (χ1) is 15.8. The quantitative estimate of drug-likeness (QED) is 0.266. The van der Waals surface area contributed by atoms with Crippen LogP contribution in [0.15, 0.2) is 41.3 Å². The number of ether oxygens (including phenoxy) is 2. The van der Waals surface area contributed by atoms with Crippen molar-refractivity contribution in [2.24, 2.45) is 0 Å². The van der Waals surface area contributed by atoms with E-state index in [4.69, 9.17) is 9.47 Å². The highest BCUT2D eigenvalue weighted by molar-refractivity contribution is 14.1. The fraction of sp³-hybridized carbons (Fsp3) is 0.261. The summed E-state index contributed by atoms with van der Waals surface area (Å²) in [6.07, 6.45) is 2.50. The first kappa shape index (κ1) is 25.8. The minimum absolute atomic E-state index is 0.252. The molecule has 0 saturated carbocycles. The summed E-state index contributed by atoms with van der Waals surface area (Å²) < 4.78 is 13.4. The van der Waals surface area contributed by atoms with Gasteiger partial charge in [-0.25, -0.2) is 0 Å². The van der Waals surface area contributed by atoms with E-state index in [1.807, 2.05) is 32.0 Å². The number of hydrogen-bond acceptors (Lipinski definition) is 6. The predicted octanol–water partition coefficient (Wildman–Crippen LogP) is 5.76. The molecule has 7 nitrogen and oxygen atoms in total. The van der Waals surface area contributed by atoms with Crippen LogP contribution in [0.5, 0.6) is 11.5 Å². The van der Waals surface area contributed by atoms with Crippen LogP contribution in [0.2, 0.25) is 0 Å². The van der Waals surface area contributed by atoms with Crippen LogP contribution in [0.3, 0.4) is 0 Å². The Morgan fingerprint density at radius 3 is 2.52 bits per heavy atom. The second-order valence-electron chi connectivity index (χ2n) is 6.93. The molecule has 2 aromatic rings. The molecule has 0 aliphatic carbocycles. The number of nitrogens with one attached hydrogen (secondary N) is 1. The summed E-state index contributed by atoms with van der Waals surface area (Å²) in [7, 11) is 0. The van der Waals surface area contributed by atoms with Crippen LogP contribution in [0.25, 0.3) is 6.08 Å². The lowest BCUT2D eigenvalue weighted by molar-refractivity contribution is -0.127. The van der Waals surface area contributed by atoms with Gasteiger partial charge in [-0.1, -0.05) is 6.92 Å². The lowest BCUT2D eigenvalue weighted by Gasteiger charge is -2.14. The molecule has 1 heterocycles. The molecule has 174 valence electrons. The Hall–Kier alpha value is -1.80. The number of halogens is 2. The highest BCUT2D eigenvalue weighted by Crippen LogP contribution is 2.37. The molecule has 1 saturated heterocycles. The fourth-order valence-electron chi connectivity index (χ4n) is 2.94. The molecule has 0 unspecified atom stereocenters. The number of amides is 3. The highest BCUT2D eigenvalue weighted by Gasteiger charge is 2.36. The van der Waals surface area contributed by atoms with Crippen molar-refractivity contribution in [2.75, 3.05) is 25.1 Å². The molecule has 0 spiro atoms. The summed E-state index contributed by atoms with van der Waals surface area (Å²) in [5, 5.41) is 2.23. The molecule has 1 aliphatic rings. The van der Waals surface area contributed by atoms with Gasteiger partial charge < -0.3 is 14.8 Å². The fourth-order valence-corrected chi connectivity index (χ4v) is 4.92. The van der Waals surface area contributed by atoms with E-state index < -0.39 is 17.1 Å². The molecule has 0 bridgehead atoms. The molecule has 1 fully saturated rings. The molecule has 0 aromatic heterocycles. The number of nitrogens with zero attached hydrogens (tertiary/aromatic N) is 1. The lowest BCUT2D eigenvalue weighted by atomic mass is 10.2. The standard InChI is InChI=1S/C23H22I2N2O5S/c1-3-9-32-21-17(25)10-14(11-18(21)31-4-2)12-19-22(29)27(23(30)33-19)13-20(28)26-16-7-5-15(24)6-8-16/h5-8,10-12H,3-4,9,13H2,1-2H3,(H,26,28)/b19-12-. The second-order valence-corrected chi connectivity index (χ2v) is 10.3. The van der Waals surface area contributed by atoms with Crippen molar-refractivity contribution in [2.45, 2.75) is 20.3 Å². The topological polar surface area (TPSA) is 84.9 Å². The Morgan fingerprint density at radius 1 is 1.12 bits per heavy atom. The predicted molar refractivity (Wildman–Crippen MR) is 147 cm³/mol. The monoisotopic (exact) mass is 692 g/mol. The molecule has 2 aromatic carbocycles. The maximum atomic E-state index is 12.8. The molecule has 1 N–H and O–H groups in total. The summed E-state index contributed by atoms with van der Waals surface area (Å²) in [4.78, 5) is 38.8. The van der Waals surface area contributed by atoms with Crippen molar-refractivity contribution in [1.29, 1.82) is 0 Å². The third-order valence-electron chi connectivity index (χ3n) is 4.38. The molecule has 0 radical (unpaired) electrons. The van der Waals surface area contributed by atoms with E-state index in [0.717, 1.165) is 30.2 Å². The number of carbonyl (C=O) groups is 3. The van der Waals surface area contributed by atoms with Gasteiger partial charge in [-0.15, -0.1) is 0 Å². The van der Waals surface area contributed by atoms with Crippen LogP contribution < -0.4 is 14.8 Å². The van der Waals surface area contributed by atoms with Crippen LogP contribution in [-0.4, -0.2) is 41.7 Å². The van der Waals surface area contributed by atoms with Gasteiger partial charge in [0.05, 0.1) is 21.7 Å². The van der Waals surface area contributed by atoms with Crippen molar-refractivity contribution in [3.8, 4) is 11.5 Å². The van der Waals surface area contributed by atoms with Gasteiger partial charge in [0.2, 0.25) is 5.91 Å². The van der Waals surface area contributed by atoms with Crippen LogP contribution >= 0.6 is 56.9 Å². The van der Waals surface area contributed by atoms with E-state index in [1.54, 1.807) is 24.3 Å². The maximum absolute atomic E-state index is 12.8. The van der Waals surface area contributed by atoms with Gasteiger partial charge >= 0.3 is 0 Å². The molecular formula is C23H22I2N2O5S. The number of anilines is 1. The molecule has 10 heteroatoms. The van der Waals surface area contributed by atoms with E-state index in [0.29, 0.717) is 36.0 Å². The minimum Gasteiger partial charge on any atom is -0.490 e. The van der Waals surface area contributed by atoms with Crippen molar-refractivity contribution in [3.63, 3.8) is 0 Å². The normalized spacial score (nSPS) is 14.7. The zero-order valence-electron chi connectivity index (χ0n) is 18.0. The summed E-state index contributed by atoms with van der Waals surface area (Å²) in [6, 6.07) is 10.9. The Kier molecular flexibility index (Phi) is 9.44. The number of hydrogen-bond donors (Lipinski definition) is 1. The Balaban J connectivity index is 1.75. The van der Waals surface area contributed by atoms with Crippen molar-refractivity contribution in [1.82, 2.24) is 4.90 Å². The van der Waals surface area contributed by atoms with E-state index in [2.05, 4.69) is 50.5 Å². The zero-order chi connectivity index (χ0) is 24.0. The van der Waals surface area contributed by atoms with Crippen LogP contribution in [-0.2, 0) is 9.59 Å². The average molecular weight is 692 g/mol. The van der Waals surface area contributed by atoms with Gasteiger partial charge in [-0.2, -0.15) is 0 Å². The molecular weight excluding hydrogens is 670 g/mol. The molecule has 33 heavy (non-hydrogen) atoms. The van der Waals surface area contributed by atoms with Crippen LogP contribution in [0.4, 0.5) is 10.5 Å². The van der Waals surface area contributed by atoms with Gasteiger partial charge in [-0.3, -0.25) is 19.3 Å². The van der Waals surface area contributed by atoms with E-state index in [9.17, 15) is 14.4 Å². The maximum Gasteiger partial charge on any atom is 0.294 e. The number of imide groups is 1. The van der Waals surface area contributed by atoms with Gasteiger partial charge in [0.15, 0.2) is 11.5 Å². The highest BCUT2D eigenvalue weighted by atomic mass is 127. The van der Waals surface area contributed by atoms with Gasteiger partial charge in [0.25, 0.3) is 11.1 Å². The van der Waals surface area contributed by atoms with Gasteiger partial charge in [0, 0.05) is 9.26 Å². The summed E-state index contributed by atoms with van der Waals surface area (Å²) >= 11 is 5.14. The summed E-state index contributed by atoms with van der Waals surface area (Å²) in [5.74, 6) is 0.310. The SMILES string of the molecule is CCCOc1c(I)cc(/C=C2\SC(=O)N(CC(=O)Nc3ccc(I)cc3)C2=O)cc1OCC. The zero-order valence-corrected chi connectivity index (χ0v) is 23.2. The summed E-state index contributed by atoms with van der Waals surface area (Å²) in [6.45, 7) is 4.60. The third kappa shape index (κ3) is 6.85. The largest absolute Gasteiger partial charge is 0.490 e. The first-order valence-corrected chi connectivity index (χ1v) is 13.2. The van der Waals surface area contributed by atoms with Crippen LogP contribution in [0, 0.1) is 7.14 Å². The number of thioether (sulfide) groups is 1. The van der Waals surface area contributed by atoms with E-state index >= 15 is 0 Å². The lowest BCUT2D eigenvalue weighted by Crippen LogP contribution is -2.36. The van der Waals surface area contributed by atoms with Crippen LogP contribution in [0.1, 0.15) is 25.8 Å². The number of carbonyl (C=O) groups excluding carboxylic acids is 3. The van der Waals surface area contributed by atoms with E-state index in [1.165, 1.54) is 0 Å². The first-order valence-electron chi connectivity index (χ1n) is 10.2. The van der Waals surface area contributed by atoms with Crippen molar-refractivity contribution >= 4 is 85.8 Å². The second kappa shape index (κ2) is 12.1. The average Bonchev–Trinajstić information content (AvgIpc) is 3.02. The van der Waals surface area contributed by atoms with Gasteiger partial charge in [0.1, 0.15) is 6.54 Å². The smallest absolute Gasteiger partial charge is 0.294 e. The molecule has 3 rings (SSSR count). The van der Waals surface area contributed by atoms with Crippen molar-refractivity contribution < 1.29 is 23.9 Å². The summed E-state index contributed by atoms with van der Waals surface area (Å²) in [5.41, 5.74) is 1.31. The van der Waals surface area contributed by atoms with E-state index in [-0.39, 0.29) is 11.4 Å². The number of rotatable bonds is 9.